The van der Waals surface area contributed by atoms with Gasteiger partial charge in [0.15, 0.2) is 0 Å². The lowest BCUT2D eigenvalue weighted by Gasteiger charge is -2.17. The summed E-state index contributed by atoms with van der Waals surface area (Å²) in [6.45, 7) is 1.57. The fourth-order valence-corrected chi connectivity index (χ4v) is 3.68. The van der Waals surface area contributed by atoms with Crippen LogP contribution in [0.25, 0.3) is 10.8 Å². The minimum absolute atomic E-state index is 0.0731. The van der Waals surface area contributed by atoms with E-state index in [9.17, 15) is 9.90 Å². The van der Waals surface area contributed by atoms with Crippen molar-refractivity contribution in [3.63, 3.8) is 0 Å². The number of rotatable bonds is 7. The quantitative estimate of drug-likeness (QED) is 0.325. The van der Waals surface area contributed by atoms with Crippen LogP contribution >= 0.6 is 11.6 Å². The van der Waals surface area contributed by atoms with E-state index in [-0.39, 0.29) is 16.8 Å². The van der Waals surface area contributed by atoms with Gasteiger partial charge in [-0.05, 0) is 46.8 Å². The molecule has 1 aliphatic heterocycles. The van der Waals surface area contributed by atoms with Crippen molar-refractivity contribution in [2.75, 3.05) is 6.54 Å². The van der Waals surface area contributed by atoms with E-state index in [1.807, 2.05) is 42.6 Å². The maximum Gasteiger partial charge on any atom is 0.271 e. The van der Waals surface area contributed by atoms with Gasteiger partial charge in [-0.3, -0.25) is 4.79 Å². The minimum Gasteiger partial charge on any atom is -0.506 e. The first-order valence-electron chi connectivity index (χ1n) is 10.2. The molecule has 3 aromatic rings. The van der Waals surface area contributed by atoms with Gasteiger partial charge in [0.25, 0.3) is 5.91 Å². The molecule has 162 valence electrons. The van der Waals surface area contributed by atoms with Gasteiger partial charge in [-0.1, -0.05) is 60.2 Å². The van der Waals surface area contributed by atoms with Gasteiger partial charge >= 0.3 is 0 Å². The van der Waals surface area contributed by atoms with Crippen LogP contribution in [0.1, 0.15) is 21.5 Å². The van der Waals surface area contributed by atoms with Crippen LogP contribution < -0.4 is 16.1 Å². The van der Waals surface area contributed by atoms with Crippen molar-refractivity contribution in [2.45, 2.75) is 12.6 Å². The third-order valence-corrected chi connectivity index (χ3v) is 5.47. The number of phenolic OH excluding ortho intramolecular Hbond substituents is 1. The zero-order valence-electron chi connectivity index (χ0n) is 17.3. The van der Waals surface area contributed by atoms with Crippen LogP contribution in [0, 0.1) is 0 Å². The van der Waals surface area contributed by atoms with Crippen molar-refractivity contribution < 1.29 is 9.90 Å². The van der Waals surface area contributed by atoms with Crippen molar-refractivity contribution in [3.8, 4) is 5.75 Å². The number of benzene rings is 3. The van der Waals surface area contributed by atoms with Crippen LogP contribution in [0.15, 0.2) is 84.1 Å². The van der Waals surface area contributed by atoms with Crippen molar-refractivity contribution in [2.24, 2.45) is 5.10 Å². The highest BCUT2D eigenvalue weighted by molar-refractivity contribution is 6.32. The van der Waals surface area contributed by atoms with Gasteiger partial charge in [-0.2, -0.15) is 5.10 Å². The molecule has 7 heteroatoms. The Morgan fingerprint density at radius 3 is 2.75 bits per heavy atom. The number of hydrogen-bond donors (Lipinski definition) is 4. The number of carbonyl (C=O) groups excluding carboxylic acids is 1. The molecule has 0 aromatic heterocycles. The Morgan fingerprint density at radius 1 is 1.12 bits per heavy atom. The van der Waals surface area contributed by atoms with Crippen LogP contribution in [0.2, 0.25) is 5.02 Å². The average Bonchev–Trinajstić information content (AvgIpc) is 2.82. The van der Waals surface area contributed by atoms with Crippen LogP contribution in [-0.2, 0) is 6.54 Å². The van der Waals surface area contributed by atoms with E-state index in [1.165, 1.54) is 23.8 Å². The van der Waals surface area contributed by atoms with Gasteiger partial charge in [-0.15, -0.1) is 0 Å². The Hall–Kier alpha value is -3.61. The number of carbonyl (C=O) groups is 1. The van der Waals surface area contributed by atoms with Crippen LogP contribution in [0.3, 0.4) is 0 Å². The SMILES string of the molecule is O=C(N/N=C/c1ccc(CNCC2C=CC=CN2)c2ccccc12)c1ccc(O)c(Cl)c1. The van der Waals surface area contributed by atoms with E-state index in [0.717, 1.165) is 29.4 Å². The molecule has 0 bridgehead atoms. The highest BCUT2D eigenvalue weighted by Crippen LogP contribution is 2.24. The Morgan fingerprint density at radius 2 is 1.97 bits per heavy atom. The number of dihydropyridines is 1. The van der Waals surface area contributed by atoms with Crippen molar-refractivity contribution in [1.82, 2.24) is 16.1 Å². The highest BCUT2D eigenvalue weighted by Gasteiger charge is 2.09. The summed E-state index contributed by atoms with van der Waals surface area (Å²) in [4.78, 5) is 12.3. The van der Waals surface area contributed by atoms with E-state index in [2.05, 4.69) is 39.4 Å². The zero-order chi connectivity index (χ0) is 22.3. The topological polar surface area (TPSA) is 85.8 Å². The lowest BCUT2D eigenvalue weighted by atomic mass is 10.00. The molecule has 0 saturated heterocycles. The second-order valence-corrected chi connectivity index (χ2v) is 7.78. The summed E-state index contributed by atoms with van der Waals surface area (Å²) < 4.78 is 0. The number of phenols is 1. The van der Waals surface area contributed by atoms with Crippen molar-refractivity contribution in [1.29, 1.82) is 0 Å². The van der Waals surface area contributed by atoms with Gasteiger partial charge in [0, 0.05) is 24.2 Å². The summed E-state index contributed by atoms with van der Waals surface area (Å²) in [5, 5.41) is 22.7. The van der Waals surface area contributed by atoms with E-state index in [0.29, 0.717) is 5.56 Å². The number of hydrogen-bond acceptors (Lipinski definition) is 5. The molecule has 1 unspecified atom stereocenters. The summed E-state index contributed by atoms with van der Waals surface area (Å²) in [6, 6.07) is 16.7. The molecular formula is C25H23ClN4O2. The zero-order valence-corrected chi connectivity index (χ0v) is 18.0. The molecule has 4 N–H and O–H groups in total. The van der Waals surface area contributed by atoms with Crippen molar-refractivity contribution in [3.05, 3.63) is 101 Å². The largest absolute Gasteiger partial charge is 0.506 e. The first-order valence-corrected chi connectivity index (χ1v) is 10.6. The summed E-state index contributed by atoms with van der Waals surface area (Å²) in [5.41, 5.74) is 4.91. The summed E-state index contributed by atoms with van der Waals surface area (Å²) in [7, 11) is 0. The van der Waals surface area contributed by atoms with Crippen molar-refractivity contribution >= 4 is 34.5 Å². The Bertz CT molecular complexity index is 1220. The molecular weight excluding hydrogens is 424 g/mol. The average molecular weight is 447 g/mol. The fraction of sp³-hybridized carbons (Fsp3) is 0.120. The molecule has 1 aliphatic rings. The van der Waals surface area contributed by atoms with E-state index in [4.69, 9.17) is 11.6 Å². The summed E-state index contributed by atoms with van der Waals surface area (Å²) in [6.07, 6.45) is 9.73. The number of nitrogens with zero attached hydrogens (tertiary/aromatic N) is 1. The first-order chi connectivity index (χ1) is 15.6. The third-order valence-electron chi connectivity index (χ3n) is 5.17. The predicted molar refractivity (Wildman–Crippen MR) is 129 cm³/mol. The number of amides is 1. The fourth-order valence-electron chi connectivity index (χ4n) is 3.50. The molecule has 4 rings (SSSR count). The normalized spacial score (nSPS) is 15.2. The molecule has 0 aliphatic carbocycles. The molecule has 32 heavy (non-hydrogen) atoms. The monoisotopic (exact) mass is 446 g/mol. The molecule has 0 spiro atoms. The molecule has 3 aromatic carbocycles. The second kappa shape index (κ2) is 10.1. The Balaban J connectivity index is 1.44. The number of hydrazone groups is 1. The number of halogens is 1. The standard InChI is InChI=1S/C25H23ClN4O2/c26-23-13-17(10-11-24(23)31)25(32)30-29-15-19-9-8-18(21-6-1-2-7-22(19)21)14-27-16-20-5-3-4-12-28-20/h1-13,15,20,27-28,31H,14,16H2,(H,30,32)/b29-15+. The number of nitrogens with one attached hydrogen (secondary N) is 3. The first kappa shape index (κ1) is 21.6. The predicted octanol–water partition coefficient (Wildman–Crippen LogP) is 4.09. The number of allylic oxidation sites excluding steroid dienone is 2. The molecule has 1 heterocycles. The smallest absolute Gasteiger partial charge is 0.271 e. The number of aromatic hydroxyl groups is 1. The van der Waals surface area contributed by atoms with Gasteiger partial charge in [-0.25, -0.2) is 5.43 Å². The van der Waals surface area contributed by atoms with Crippen LogP contribution in [-0.4, -0.2) is 29.8 Å². The third kappa shape index (κ3) is 5.17. The van der Waals surface area contributed by atoms with E-state index in [1.54, 1.807) is 6.21 Å². The molecule has 1 amide bonds. The molecule has 1 atom stereocenters. The second-order valence-electron chi connectivity index (χ2n) is 7.37. The highest BCUT2D eigenvalue weighted by atomic mass is 35.5. The Kier molecular flexibility index (Phi) is 6.84. The number of fused-ring (bicyclic) bond motifs is 1. The van der Waals surface area contributed by atoms with Gasteiger partial charge in [0.1, 0.15) is 5.75 Å². The Labute approximate surface area is 191 Å². The lowest BCUT2D eigenvalue weighted by molar-refractivity contribution is 0.0955. The van der Waals surface area contributed by atoms with Gasteiger partial charge in [0.05, 0.1) is 17.3 Å². The van der Waals surface area contributed by atoms with E-state index >= 15 is 0 Å². The molecule has 0 radical (unpaired) electrons. The van der Waals surface area contributed by atoms with E-state index < -0.39 is 5.91 Å². The van der Waals surface area contributed by atoms with Gasteiger partial charge < -0.3 is 15.7 Å². The maximum absolute atomic E-state index is 12.3. The van der Waals surface area contributed by atoms with Crippen LogP contribution in [0.5, 0.6) is 5.75 Å². The molecule has 6 nitrogen and oxygen atoms in total. The molecule has 0 saturated carbocycles. The van der Waals surface area contributed by atoms with Crippen LogP contribution in [0.4, 0.5) is 0 Å². The van der Waals surface area contributed by atoms with Gasteiger partial charge in [0.2, 0.25) is 0 Å². The maximum atomic E-state index is 12.3. The molecule has 0 fully saturated rings. The minimum atomic E-state index is -0.409. The lowest BCUT2D eigenvalue weighted by Crippen LogP contribution is -2.35. The summed E-state index contributed by atoms with van der Waals surface area (Å²) >= 11 is 5.86. The summed E-state index contributed by atoms with van der Waals surface area (Å²) in [5.74, 6) is -0.482.